The number of piperazine rings is 1. The van der Waals surface area contributed by atoms with Crippen LogP contribution in [0.3, 0.4) is 0 Å². The molecule has 1 atom stereocenters. The third kappa shape index (κ3) is 6.29. The van der Waals surface area contributed by atoms with Gasteiger partial charge in [0.1, 0.15) is 0 Å². The van der Waals surface area contributed by atoms with Gasteiger partial charge in [0, 0.05) is 36.5 Å². The molecule has 0 aliphatic carbocycles. The zero-order valence-corrected chi connectivity index (χ0v) is 21.7. The predicted octanol–water partition coefficient (Wildman–Crippen LogP) is 5.57. The summed E-state index contributed by atoms with van der Waals surface area (Å²) in [6, 6.07) is 25.1. The van der Waals surface area contributed by atoms with E-state index in [2.05, 4.69) is 19.3 Å². The second-order valence-corrected chi connectivity index (χ2v) is 9.77. The van der Waals surface area contributed by atoms with Gasteiger partial charge in [-0.2, -0.15) is 0 Å². The quantitative estimate of drug-likeness (QED) is 0.268. The third-order valence-corrected chi connectivity index (χ3v) is 6.91. The summed E-state index contributed by atoms with van der Waals surface area (Å²) in [6.45, 7) is 10.1. The third-order valence-electron chi connectivity index (χ3n) is 6.67. The zero-order valence-electron chi connectivity index (χ0n) is 20.9. The fraction of sp³-hybridized carbons (Fsp3) is 0.233. The molecule has 2 heterocycles. The number of imidazole rings is 1. The fourth-order valence-electron chi connectivity index (χ4n) is 4.64. The molecule has 0 saturated carbocycles. The summed E-state index contributed by atoms with van der Waals surface area (Å²) in [5.74, 6) is 0.0207. The lowest BCUT2D eigenvalue weighted by Crippen LogP contribution is -2.57. The second kappa shape index (κ2) is 12.1. The molecule has 192 valence electrons. The van der Waals surface area contributed by atoms with Crippen LogP contribution in [0.1, 0.15) is 16.8 Å². The van der Waals surface area contributed by atoms with E-state index in [0.717, 1.165) is 22.5 Å². The van der Waals surface area contributed by atoms with Gasteiger partial charge in [0.2, 0.25) is 5.91 Å². The van der Waals surface area contributed by atoms with E-state index < -0.39 is 0 Å². The van der Waals surface area contributed by atoms with Crippen LogP contribution >= 0.6 is 11.6 Å². The SMILES string of the molecule is [C-]#[N+]c1ccc(Cn2cncc2CN2CC(=O)N(c3cccc(Cl)c3)C[C@@H]2COCc2ccccc2)cc1. The van der Waals surface area contributed by atoms with Gasteiger partial charge in [0.15, 0.2) is 5.69 Å². The molecule has 0 bridgehead atoms. The van der Waals surface area contributed by atoms with Crippen molar-refractivity contribution in [2.24, 2.45) is 0 Å². The van der Waals surface area contributed by atoms with Crippen molar-refractivity contribution in [1.29, 1.82) is 0 Å². The van der Waals surface area contributed by atoms with Gasteiger partial charge < -0.3 is 14.2 Å². The average Bonchev–Trinajstić information content (AvgIpc) is 3.37. The van der Waals surface area contributed by atoms with Gasteiger partial charge in [-0.25, -0.2) is 9.83 Å². The molecule has 5 rings (SSSR count). The smallest absolute Gasteiger partial charge is 0.241 e. The van der Waals surface area contributed by atoms with Crippen LogP contribution in [0, 0.1) is 6.57 Å². The van der Waals surface area contributed by atoms with E-state index in [1.54, 1.807) is 4.90 Å². The molecule has 1 fully saturated rings. The van der Waals surface area contributed by atoms with E-state index in [4.69, 9.17) is 22.9 Å². The maximum absolute atomic E-state index is 13.3. The van der Waals surface area contributed by atoms with Crippen LogP contribution in [0.2, 0.25) is 5.02 Å². The van der Waals surface area contributed by atoms with Crippen LogP contribution in [-0.2, 0) is 29.2 Å². The Bertz CT molecular complexity index is 1410. The Morgan fingerprint density at radius 2 is 1.82 bits per heavy atom. The lowest BCUT2D eigenvalue weighted by Gasteiger charge is -2.41. The molecule has 3 aromatic carbocycles. The molecule has 0 unspecified atom stereocenters. The zero-order chi connectivity index (χ0) is 26.3. The van der Waals surface area contributed by atoms with Gasteiger partial charge in [-0.1, -0.05) is 72.3 Å². The van der Waals surface area contributed by atoms with Crippen molar-refractivity contribution in [2.45, 2.75) is 25.7 Å². The first-order valence-electron chi connectivity index (χ1n) is 12.5. The van der Waals surface area contributed by atoms with E-state index in [1.807, 2.05) is 91.4 Å². The monoisotopic (exact) mass is 525 g/mol. The number of nitrogens with zero attached hydrogens (tertiary/aromatic N) is 5. The molecular weight excluding hydrogens is 498 g/mol. The standard InChI is InChI=1S/C30H28ClN5O2/c1-32-26-12-10-23(11-13-26)16-35-22-33-15-28(35)17-34-19-30(37)36(27-9-5-8-25(31)14-27)18-29(34)21-38-20-24-6-3-2-4-7-24/h2-15,22,29H,16-21H2/t29-/m1/s1. The van der Waals surface area contributed by atoms with E-state index in [9.17, 15) is 4.79 Å². The van der Waals surface area contributed by atoms with Crippen LogP contribution in [-0.4, -0.2) is 46.1 Å². The van der Waals surface area contributed by atoms with Gasteiger partial charge in [-0.05, 0) is 29.3 Å². The van der Waals surface area contributed by atoms with E-state index in [0.29, 0.717) is 43.6 Å². The van der Waals surface area contributed by atoms with Crippen molar-refractivity contribution < 1.29 is 9.53 Å². The molecule has 1 aromatic heterocycles. The maximum atomic E-state index is 13.3. The Morgan fingerprint density at radius 1 is 1.00 bits per heavy atom. The van der Waals surface area contributed by atoms with Gasteiger partial charge in [-0.15, -0.1) is 0 Å². The minimum atomic E-state index is -0.0170. The van der Waals surface area contributed by atoms with Gasteiger partial charge in [0.05, 0.1) is 44.4 Å². The normalized spacial score (nSPS) is 15.9. The summed E-state index contributed by atoms with van der Waals surface area (Å²) in [6.07, 6.45) is 3.66. The lowest BCUT2D eigenvalue weighted by molar-refractivity contribution is -0.123. The van der Waals surface area contributed by atoms with E-state index in [1.165, 1.54) is 0 Å². The number of aromatic nitrogens is 2. The highest BCUT2D eigenvalue weighted by molar-refractivity contribution is 6.30. The number of anilines is 1. The summed E-state index contributed by atoms with van der Waals surface area (Å²) in [4.78, 5) is 25.1. The van der Waals surface area contributed by atoms with E-state index >= 15 is 0 Å². The molecule has 38 heavy (non-hydrogen) atoms. The highest BCUT2D eigenvalue weighted by Crippen LogP contribution is 2.25. The minimum Gasteiger partial charge on any atom is -0.375 e. The van der Waals surface area contributed by atoms with Crippen LogP contribution in [0.25, 0.3) is 4.85 Å². The van der Waals surface area contributed by atoms with Gasteiger partial charge >= 0.3 is 0 Å². The molecule has 8 heteroatoms. The first-order valence-corrected chi connectivity index (χ1v) is 12.8. The van der Waals surface area contributed by atoms with Gasteiger partial charge in [-0.3, -0.25) is 9.69 Å². The number of carbonyl (C=O) groups excluding carboxylic acids is 1. The molecule has 4 aromatic rings. The van der Waals surface area contributed by atoms with Gasteiger partial charge in [0.25, 0.3) is 0 Å². The second-order valence-electron chi connectivity index (χ2n) is 9.33. The number of hydrogen-bond acceptors (Lipinski definition) is 4. The first kappa shape index (κ1) is 25.7. The number of amides is 1. The van der Waals surface area contributed by atoms with Crippen molar-refractivity contribution >= 4 is 28.9 Å². The molecule has 1 aliphatic heterocycles. The molecule has 1 amide bonds. The molecule has 0 radical (unpaired) electrons. The van der Waals surface area contributed by atoms with Crippen molar-refractivity contribution in [3.63, 3.8) is 0 Å². The van der Waals surface area contributed by atoms with Crippen LogP contribution in [0.4, 0.5) is 11.4 Å². The molecule has 0 N–H and O–H groups in total. The number of rotatable bonds is 9. The molecule has 0 spiro atoms. The Hall–Kier alpha value is -3.96. The van der Waals surface area contributed by atoms with Crippen LogP contribution in [0.5, 0.6) is 0 Å². The summed E-state index contributed by atoms with van der Waals surface area (Å²) in [5.41, 5.74) is 4.62. The van der Waals surface area contributed by atoms with Crippen molar-refractivity contribution in [2.75, 3.05) is 24.6 Å². The summed E-state index contributed by atoms with van der Waals surface area (Å²) >= 11 is 6.23. The highest BCUT2D eigenvalue weighted by Gasteiger charge is 2.33. The molecule has 1 saturated heterocycles. The van der Waals surface area contributed by atoms with Crippen molar-refractivity contribution in [1.82, 2.24) is 14.5 Å². The average molecular weight is 526 g/mol. The molecule has 1 aliphatic rings. The van der Waals surface area contributed by atoms with Crippen molar-refractivity contribution in [3.8, 4) is 0 Å². The number of benzene rings is 3. The Balaban J connectivity index is 1.32. The molecule has 7 nitrogen and oxygen atoms in total. The fourth-order valence-corrected chi connectivity index (χ4v) is 4.83. The number of carbonyl (C=O) groups is 1. The topological polar surface area (TPSA) is 55.0 Å². The lowest BCUT2D eigenvalue weighted by atomic mass is 10.1. The predicted molar refractivity (Wildman–Crippen MR) is 148 cm³/mol. The minimum absolute atomic E-state index is 0.0170. The largest absolute Gasteiger partial charge is 0.375 e. The summed E-state index contributed by atoms with van der Waals surface area (Å²) < 4.78 is 8.23. The van der Waals surface area contributed by atoms with E-state index in [-0.39, 0.29) is 18.5 Å². The summed E-state index contributed by atoms with van der Waals surface area (Å²) in [7, 11) is 0. The first-order chi connectivity index (χ1) is 18.6. The maximum Gasteiger partial charge on any atom is 0.241 e. The number of ether oxygens (including phenoxy) is 1. The summed E-state index contributed by atoms with van der Waals surface area (Å²) in [5, 5.41) is 0.600. The van der Waals surface area contributed by atoms with Crippen LogP contribution in [0.15, 0.2) is 91.4 Å². The Labute approximate surface area is 227 Å². The number of halogens is 1. The highest BCUT2D eigenvalue weighted by atomic mass is 35.5. The Kier molecular flexibility index (Phi) is 8.15. The Morgan fingerprint density at radius 3 is 2.58 bits per heavy atom. The number of hydrogen-bond donors (Lipinski definition) is 0. The van der Waals surface area contributed by atoms with Crippen molar-refractivity contribution in [3.05, 3.63) is 125 Å². The molecular formula is C30H28ClN5O2. The van der Waals surface area contributed by atoms with Crippen LogP contribution < -0.4 is 4.90 Å².